The normalized spacial score (nSPS) is 25.7. The van der Waals surface area contributed by atoms with E-state index in [9.17, 15) is 0 Å². The van der Waals surface area contributed by atoms with Crippen molar-refractivity contribution in [1.29, 1.82) is 5.26 Å². The molecule has 2 bridgehead atoms. The monoisotopic (exact) mass is 265 g/mol. The Hall–Kier alpha value is -2.19. The molecule has 1 saturated heterocycles. The van der Waals surface area contributed by atoms with E-state index in [-0.39, 0.29) is 0 Å². The van der Waals surface area contributed by atoms with Crippen LogP contribution in [-0.4, -0.2) is 38.6 Å². The van der Waals surface area contributed by atoms with Crippen molar-refractivity contribution in [3.8, 4) is 6.07 Å². The third-order valence-electron chi connectivity index (χ3n) is 4.59. The number of rotatable bonds is 1. The minimum absolute atomic E-state index is 0.522. The van der Waals surface area contributed by atoms with Gasteiger partial charge in [0.2, 0.25) is 0 Å². The molecule has 5 heteroatoms. The molecule has 4 rings (SSSR count). The Labute approximate surface area is 117 Å². The molecule has 0 amide bonds. The van der Waals surface area contributed by atoms with Crippen molar-refractivity contribution in [2.75, 3.05) is 7.05 Å². The Balaban J connectivity index is 1.76. The fourth-order valence-electron chi connectivity index (χ4n) is 3.38. The lowest BCUT2D eigenvalue weighted by atomic mass is 9.97. The van der Waals surface area contributed by atoms with E-state index in [0.717, 1.165) is 12.0 Å². The van der Waals surface area contributed by atoms with Crippen LogP contribution in [0.3, 0.4) is 0 Å². The van der Waals surface area contributed by atoms with E-state index in [4.69, 9.17) is 5.26 Å². The molecular formula is C15H15N5. The first-order chi connectivity index (χ1) is 9.76. The molecule has 0 N–H and O–H groups in total. The van der Waals surface area contributed by atoms with E-state index in [1.54, 1.807) is 10.7 Å². The molecule has 0 spiro atoms. The summed E-state index contributed by atoms with van der Waals surface area (Å²) in [5.74, 6) is 0. The molecule has 0 saturated carbocycles. The molecule has 2 unspecified atom stereocenters. The van der Waals surface area contributed by atoms with Crippen LogP contribution in [-0.2, 0) is 0 Å². The average molecular weight is 265 g/mol. The van der Waals surface area contributed by atoms with Crippen LogP contribution in [0.2, 0.25) is 0 Å². The first-order valence-electron chi connectivity index (χ1n) is 6.93. The van der Waals surface area contributed by atoms with Crippen LogP contribution >= 0.6 is 0 Å². The summed E-state index contributed by atoms with van der Waals surface area (Å²) in [6.07, 6.45) is 11.4. The number of fused-ring (bicyclic) bond motifs is 3. The quantitative estimate of drug-likeness (QED) is 0.789. The topological polar surface area (TPSA) is 57.2 Å². The summed E-state index contributed by atoms with van der Waals surface area (Å²) in [7, 11) is 2.21. The standard InChI is InChI=1S/C15H15N5/c1-19-13-2-3-14(19)5-10(4-13)12-7-17-15-11(6-16)8-18-20(15)9-12/h4,7-9,13-14H,2-3,5H2,1H3. The first kappa shape index (κ1) is 11.6. The summed E-state index contributed by atoms with van der Waals surface area (Å²) >= 11 is 0. The Morgan fingerprint density at radius 1 is 1.35 bits per heavy atom. The lowest BCUT2D eigenvalue weighted by Gasteiger charge is -2.30. The molecule has 100 valence electrons. The Morgan fingerprint density at radius 2 is 2.25 bits per heavy atom. The fraction of sp³-hybridized carbons (Fsp3) is 0.400. The maximum Gasteiger partial charge on any atom is 0.172 e. The van der Waals surface area contributed by atoms with Crippen molar-refractivity contribution in [2.45, 2.75) is 31.3 Å². The van der Waals surface area contributed by atoms with Gasteiger partial charge in [-0.2, -0.15) is 10.4 Å². The second kappa shape index (κ2) is 4.15. The molecule has 2 aromatic rings. The second-order valence-electron chi connectivity index (χ2n) is 5.64. The van der Waals surface area contributed by atoms with E-state index >= 15 is 0 Å². The number of likely N-dealkylation sites (N-methyl/N-ethyl adjacent to an activating group) is 1. The zero-order valence-corrected chi connectivity index (χ0v) is 11.3. The zero-order valence-electron chi connectivity index (χ0n) is 11.3. The summed E-state index contributed by atoms with van der Waals surface area (Å²) in [6.45, 7) is 0. The predicted molar refractivity (Wildman–Crippen MR) is 74.9 cm³/mol. The van der Waals surface area contributed by atoms with Gasteiger partial charge in [0, 0.05) is 30.0 Å². The molecule has 2 aliphatic heterocycles. The molecule has 1 fully saturated rings. The van der Waals surface area contributed by atoms with Gasteiger partial charge < -0.3 is 0 Å². The fourth-order valence-corrected chi connectivity index (χ4v) is 3.38. The first-order valence-corrected chi connectivity index (χ1v) is 6.93. The van der Waals surface area contributed by atoms with Crippen LogP contribution in [0, 0.1) is 11.3 Å². The minimum Gasteiger partial charge on any atom is -0.297 e. The second-order valence-corrected chi connectivity index (χ2v) is 5.64. The molecule has 5 nitrogen and oxygen atoms in total. The number of hydrogen-bond donors (Lipinski definition) is 0. The average Bonchev–Trinajstić information content (AvgIpc) is 2.94. The van der Waals surface area contributed by atoms with Gasteiger partial charge in [-0.1, -0.05) is 6.08 Å². The highest BCUT2D eigenvalue weighted by Gasteiger charge is 2.34. The van der Waals surface area contributed by atoms with Gasteiger partial charge in [-0.15, -0.1) is 0 Å². The van der Waals surface area contributed by atoms with Crippen LogP contribution < -0.4 is 0 Å². The summed E-state index contributed by atoms with van der Waals surface area (Å²) in [4.78, 5) is 6.87. The van der Waals surface area contributed by atoms with E-state index < -0.39 is 0 Å². The Kier molecular flexibility index (Phi) is 2.41. The molecule has 0 radical (unpaired) electrons. The molecule has 2 atom stereocenters. The van der Waals surface area contributed by atoms with Crippen molar-refractivity contribution in [2.24, 2.45) is 0 Å². The van der Waals surface area contributed by atoms with Gasteiger partial charge in [-0.3, -0.25) is 4.90 Å². The van der Waals surface area contributed by atoms with Crippen molar-refractivity contribution in [3.63, 3.8) is 0 Å². The van der Waals surface area contributed by atoms with Gasteiger partial charge in [0.25, 0.3) is 0 Å². The van der Waals surface area contributed by atoms with Crippen LogP contribution in [0.4, 0.5) is 0 Å². The van der Waals surface area contributed by atoms with Gasteiger partial charge in [-0.05, 0) is 31.9 Å². The highest BCUT2D eigenvalue weighted by molar-refractivity contribution is 5.68. The molecule has 2 aliphatic rings. The minimum atomic E-state index is 0.522. The molecule has 20 heavy (non-hydrogen) atoms. The van der Waals surface area contributed by atoms with Gasteiger partial charge >= 0.3 is 0 Å². The van der Waals surface area contributed by atoms with Crippen molar-refractivity contribution in [1.82, 2.24) is 19.5 Å². The summed E-state index contributed by atoms with van der Waals surface area (Å²) < 4.78 is 1.70. The van der Waals surface area contributed by atoms with Crippen LogP contribution in [0.15, 0.2) is 24.7 Å². The van der Waals surface area contributed by atoms with E-state index in [1.165, 1.54) is 18.4 Å². The van der Waals surface area contributed by atoms with Crippen LogP contribution in [0.25, 0.3) is 11.2 Å². The lowest BCUT2D eigenvalue weighted by Crippen LogP contribution is -2.34. The maximum absolute atomic E-state index is 8.99. The number of nitrogens with zero attached hydrogens (tertiary/aromatic N) is 5. The van der Waals surface area contributed by atoms with Crippen molar-refractivity contribution < 1.29 is 0 Å². The molecule has 4 heterocycles. The number of aromatic nitrogens is 3. The third-order valence-corrected chi connectivity index (χ3v) is 4.59. The van der Waals surface area contributed by atoms with Gasteiger partial charge in [-0.25, -0.2) is 9.50 Å². The van der Waals surface area contributed by atoms with Gasteiger partial charge in [0.1, 0.15) is 11.6 Å². The van der Waals surface area contributed by atoms with E-state index in [1.807, 2.05) is 12.4 Å². The largest absolute Gasteiger partial charge is 0.297 e. The summed E-state index contributed by atoms with van der Waals surface area (Å²) in [5, 5.41) is 13.2. The van der Waals surface area contributed by atoms with Gasteiger partial charge in [0.15, 0.2) is 5.65 Å². The lowest BCUT2D eigenvalue weighted by molar-refractivity contribution is 0.264. The molecule has 0 aromatic carbocycles. The highest BCUT2D eigenvalue weighted by Crippen LogP contribution is 2.37. The summed E-state index contributed by atoms with van der Waals surface area (Å²) in [5.41, 5.74) is 3.64. The zero-order chi connectivity index (χ0) is 13.7. The molecular weight excluding hydrogens is 250 g/mol. The number of hydrogen-bond acceptors (Lipinski definition) is 4. The predicted octanol–water partition coefficient (Wildman–Crippen LogP) is 1.85. The molecule has 0 aliphatic carbocycles. The van der Waals surface area contributed by atoms with E-state index in [0.29, 0.717) is 23.3 Å². The molecule has 2 aromatic heterocycles. The van der Waals surface area contributed by atoms with Gasteiger partial charge in [0.05, 0.1) is 6.20 Å². The maximum atomic E-state index is 8.99. The highest BCUT2D eigenvalue weighted by atomic mass is 15.2. The van der Waals surface area contributed by atoms with Crippen LogP contribution in [0.1, 0.15) is 30.4 Å². The Bertz CT molecular complexity index is 751. The van der Waals surface area contributed by atoms with Crippen LogP contribution in [0.5, 0.6) is 0 Å². The van der Waals surface area contributed by atoms with Crippen molar-refractivity contribution in [3.05, 3.63) is 35.8 Å². The Morgan fingerprint density at radius 3 is 3.05 bits per heavy atom. The SMILES string of the molecule is CN1C2C=C(c3cnc4c(C#N)cnn4c3)CC1CC2. The number of nitriles is 1. The van der Waals surface area contributed by atoms with E-state index in [2.05, 4.69) is 34.2 Å². The smallest absolute Gasteiger partial charge is 0.172 e. The van der Waals surface area contributed by atoms with Crippen molar-refractivity contribution >= 4 is 11.2 Å². The third kappa shape index (κ3) is 1.58. The summed E-state index contributed by atoms with van der Waals surface area (Å²) in [6, 6.07) is 3.33.